The van der Waals surface area contributed by atoms with E-state index in [0.717, 1.165) is 0 Å². The number of nitrogens with zero attached hydrogens (tertiary/aromatic N) is 4. The van der Waals surface area contributed by atoms with E-state index in [2.05, 4.69) is 41.3 Å². The van der Waals surface area contributed by atoms with Crippen LogP contribution in [-0.2, 0) is 9.53 Å². The number of hydrogen-bond acceptors (Lipinski definition) is 12. The fourth-order valence-electron chi connectivity index (χ4n) is 3.16. The van der Waals surface area contributed by atoms with E-state index < -0.39 is 12.0 Å². The number of aliphatic imine (C=N–C) groups is 1. The Hall–Kier alpha value is -4.23. The average Bonchev–Trinajstić information content (AvgIpc) is 2.78. The van der Waals surface area contributed by atoms with Crippen LogP contribution < -0.4 is 31.6 Å². The van der Waals surface area contributed by atoms with Crippen LogP contribution in [0.25, 0.3) is 0 Å². The van der Waals surface area contributed by atoms with Crippen molar-refractivity contribution in [1.29, 1.82) is 10.5 Å². The van der Waals surface area contributed by atoms with Crippen molar-refractivity contribution >= 4 is 45.2 Å². The van der Waals surface area contributed by atoms with Crippen molar-refractivity contribution in [3.05, 3.63) is 33.3 Å². The summed E-state index contributed by atoms with van der Waals surface area (Å²) in [7, 11) is 1.26. The van der Waals surface area contributed by atoms with Gasteiger partial charge in [0.2, 0.25) is 5.96 Å². The number of esters is 1. The van der Waals surface area contributed by atoms with Crippen LogP contribution in [0.3, 0.4) is 0 Å². The Morgan fingerprint density at radius 3 is 2.73 bits per heavy atom. The number of halogens is 1. The van der Waals surface area contributed by atoms with Gasteiger partial charge in [0.15, 0.2) is 24.3 Å². The number of fused-ring (bicyclic) bond motifs is 1. The van der Waals surface area contributed by atoms with Crippen LogP contribution >= 0.6 is 15.9 Å². The number of carbonyl (C=O) groups excluding carboxylic acids is 1. The number of nitrogen functional groups attached to an aromatic ring is 2. The molecule has 1 aliphatic heterocycles. The fourth-order valence-corrected chi connectivity index (χ4v) is 3.74. The summed E-state index contributed by atoms with van der Waals surface area (Å²) >= 11 is 3.44. The van der Waals surface area contributed by atoms with Gasteiger partial charge in [0.05, 0.1) is 23.9 Å². The number of anilines is 3. The first kappa shape index (κ1) is 23.4. The van der Waals surface area contributed by atoms with Crippen LogP contribution in [0.4, 0.5) is 17.3 Å². The molecule has 0 amide bonds. The van der Waals surface area contributed by atoms with Gasteiger partial charge in [0.25, 0.3) is 0 Å². The second kappa shape index (κ2) is 9.93. The lowest BCUT2D eigenvalue weighted by molar-refractivity contribution is -0.142. The van der Waals surface area contributed by atoms with Crippen LogP contribution in [0.5, 0.6) is 11.5 Å². The molecular weight excluding hydrogens is 496 g/mol. The van der Waals surface area contributed by atoms with Gasteiger partial charge in [-0.1, -0.05) is 0 Å². The van der Waals surface area contributed by atoms with Gasteiger partial charge in [-0.05, 0) is 40.5 Å². The van der Waals surface area contributed by atoms with Crippen molar-refractivity contribution in [2.75, 3.05) is 37.1 Å². The molecular formula is C20H19BrN8O4. The Morgan fingerprint density at radius 1 is 1.33 bits per heavy atom. The van der Waals surface area contributed by atoms with Gasteiger partial charge in [-0.2, -0.15) is 10.5 Å². The SMILES string of the molecule is CCOc1cc(C2N=C(NC#N)Nc3nc(N)c(C#N)c(N)c32)cc(Br)c1OCC(=O)OC. The summed E-state index contributed by atoms with van der Waals surface area (Å²) in [5, 5.41) is 23.8. The van der Waals surface area contributed by atoms with E-state index in [0.29, 0.717) is 33.7 Å². The first-order valence-corrected chi connectivity index (χ1v) is 10.3. The van der Waals surface area contributed by atoms with Gasteiger partial charge in [0, 0.05) is 5.56 Å². The van der Waals surface area contributed by atoms with E-state index in [1.54, 1.807) is 25.2 Å². The molecule has 0 radical (unpaired) electrons. The molecule has 3 rings (SSSR count). The van der Waals surface area contributed by atoms with E-state index >= 15 is 0 Å². The van der Waals surface area contributed by atoms with Gasteiger partial charge in [-0.25, -0.2) is 14.8 Å². The molecule has 33 heavy (non-hydrogen) atoms. The first-order chi connectivity index (χ1) is 15.8. The Balaban J connectivity index is 2.18. The Morgan fingerprint density at radius 2 is 2.09 bits per heavy atom. The number of nitriles is 2. The number of carbonyl (C=O) groups is 1. The summed E-state index contributed by atoms with van der Waals surface area (Å²) < 4.78 is 16.4. The maximum Gasteiger partial charge on any atom is 0.343 e. The highest BCUT2D eigenvalue weighted by Crippen LogP contribution is 2.45. The lowest BCUT2D eigenvalue weighted by Gasteiger charge is -2.27. The molecule has 2 heterocycles. The zero-order valence-corrected chi connectivity index (χ0v) is 19.2. The molecule has 1 atom stereocenters. The zero-order valence-electron chi connectivity index (χ0n) is 17.6. The number of guanidine groups is 1. The Bertz CT molecular complexity index is 1220. The molecule has 0 saturated carbocycles. The van der Waals surface area contributed by atoms with Crippen molar-refractivity contribution in [2.24, 2.45) is 4.99 Å². The van der Waals surface area contributed by atoms with E-state index in [4.69, 9.17) is 26.2 Å². The van der Waals surface area contributed by atoms with Crippen molar-refractivity contribution < 1.29 is 19.0 Å². The highest BCUT2D eigenvalue weighted by Gasteiger charge is 2.31. The van der Waals surface area contributed by atoms with Crippen LogP contribution in [0.2, 0.25) is 0 Å². The minimum Gasteiger partial charge on any atom is -0.490 e. The highest BCUT2D eigenvalue weighted by molar-refractivity contribution is 9.10. The summed E-state index contributed by atoms with van der Waals surface area (Å²) in [6.45, 7) is 1.79. The lowest BCUT2D eigenvalue weighted by atomic mass is 9.95. The van der Waals surface area contributed by atoms with E-state index in [1.165, 1.54) is 7.11 Å². The van der Waals surface area contributed by atoms with Gasteiger partial charge >= 0.3 is 5.97 Å². The predicted molar refractivity (Wildman–Crippen MR) is 122 cm³/mol. The number of benzene rings is 1. The smallest absolute Gasteiger partial charge is 0.343 e. The number of pyridine rings is 1. The molecule has 0 aliphatic carbocycles. The molecule has 0 saturated heterocycles. The van der Waals surface area contributed by atoms with Crippen LogP contribution in [0.1, 0.15) is 29.7 Å². The van der Waals surface area contributed by atoms with Crippen molar-refractivity contribution in [2.45, 2.75) is 13.0 Å². The normalized spacial score (nSPS) is 14.0. The Kier molecular flexibility index (Phi) is 7.05. The predicted octanol–water partition coefficient (Wildman–Crippen LogP) is 1.77. The minimum atomic E-state index is -0.775. The third kappa shape index (κ3) is 4.68. The molecule has 0 bridgehead atoms. The average molecular weight is 515 g/mol. The summed E-state index contributed by atoms with van der Waals surface area (Å²) in [5.74, 6) is 0.380. The third-order valence-electron chi connectivity index (χ3n) is 4.57. The van der Waals surface area contributed by atoms with Crippen molar-refractivity contribution in [3.63, 3.8) is 0 Å². The monoisotopic (exact) mass is 514 g/mol. The maximum absolute atomic E-state index is 11.5. The van der Waals surface area contributed by atoms with Gasteiger partial charge in [0.1, 0.15) is 29.3 Å². The second-order valence-electron chi connectivity index (χ2n) is 6.53. The quantitative estimate of drug-likeness (QED) is 0.249. The molecule has 0 spiro atoms. The number of aromatic nitrogens is 1. The molecule has 1 aliphatic rings. The first-order valence-electron chi connectivity index (χ1n) is 9.49. The number of methoxy groups -OCH3 is 1. The topological polar surface area (TPSA) is 194 Å². The molecule has 1 aromatic heterocycles. The Labute approximate surface area is 197 Å². The molecule has 170 valence electrons. The summed E-state index contributed by atoms with van der Waals surface area (Å²) in [6, 6.07) is 4.54. The largest absolute Gasteiger partial charge is 0.490 e. The number of nitrogens with two attached hydrogens (primary N) is 2. The molecule has 1 aromatic carbocycles. The molecule has 6 N–H and O–H groups in total. The van der Waals surface area contributed by atoms with E-state index in [9.17, 15) is 10.1 Å². The summed E-state index contributed by atoms with van der Waals surface area (Å²) in [6.07, 6.45) is 1.79. The van der Waals surface area contributed by atoms with E-state index in [1.807, 2.05) is 6.07 Å². The van der Waals surface area contributed by atoms with Crippen LogP contribution in [-0.4, -0.2) is 37.2 Å². The fraction of sp³-hybridized carbons (Fsp3) is 0.250. The number of nitrogens with one attached hydrogen (secondary N) is 2. The van der Waals surface area contributed by atoms with Gasteiger partial charge in [-0.3, -0.25) is 5.32 Å². The second-order valence-corrected chi connectivity index (χ2v) is 7.38. The third-order valence-corrected chi connectivity index (χ3v) is 5.16. The zero-order chi connectivity index (χ0) is 24.1. The number of hydrogen-bond donors (Lipinski definition) is 4. The number of ether oxygens (including phenoxy) is 3. The van der Waals surface area contributed by atoms with E-state index in [-0.39, 0.29) is 35.5 Å². The maximum atomic E-state index is 11.5. The number of rotatable bonds is 6. The van der Waals surface area contributed by atoms with Crippen molar-refractivity contribution in [3.8, 4) is 23.8 Å². The lowest BCUT2D eigenvalue weighted by Crippen LogP contribution is -2.32. The highest BCUT2D eigenvalue weighted by atomic mass is 79.9. The molecule has 1 unspecified atom stereocenters. The summed E-state index contributed by atoms with van der Waals surface area (Å²) in [5.41, 5.74) is 13.3. The van der Waals surface area contributed by atoms with Crippen LogP contribution in [0, 0.1) is 22.8 Å². The minimum absolute atomic E-state index is 0.0228. The summed E-state index contributed by atoms with van der Waals surface area (Å²) in [4.78, 5) is 20.3. The van der Waals surface area contributed by atoms with Crippen molar-refractivity contribution in [1.82, 2.24) is 10.3 Å². The molecule has 12 nitrogen and oxygen atoms in total. The molecule has 13 heteroatoms. The van der Waals surface area contributed by atoms with Gasteiger partial charge in [-0.15, -0.1) is 0 Å². The molecule has 0 fully saturated rings. The van der Waals surface area contributed by atoms with Gasteiger partial charge < -0.3 is 31.0 Å². The van der Waals surface area contributed by atoms with Crippen LogP contribution in [0.15, 0.2) is 21.6 Å². The molecule has 2 aromatic rings. The standard InChI is InChI=1S/C20H19BrN8O4/c1-3-32-12-5-9(4-11(21)17(12)33-7-13(30)31-2)16-14-15(24)10(6-22)18(25)28-19(14)29-20(27-16)26-8-23/h4-5,16H,3,7H2,1-2H3,(H6,24,25,26,27,28,29).